The molecule has 4 N–H and O–H groups in total. The van der Waals surface area contributed by atoms with Gasteiger partial charge in [0, 0.05) is 24.4 Å². The average molecular weight is 254 g/mol. The molecule has 6 nitrogen and oxygen atoms in total. The van der Waals surface area contributed by atoms with E-state index in [4.69, 9.17) is 5.73 Å². The molecule has 1 atom stereocenters. The molecule has 1 aliphatic rings. The van der Waals surface area contributed by atoms with E-state index in [1.54, 1.807) is 5.38 Å². The highest BCUT2D eigenvalue weighted by atomic mass is 32.1. The summed E-state index contributed by atoms with van der Waals surface area (Å²) in [5, 5.41) is 7.83. The van der Waals surface area contributed by atoms with Gasteiger partial charge >= 0.3 is 0 Å². The van der Waals surface area contributed by atoms with Crippen molar-refractivity contribution in [1.82, 2.24) is 15.6 Å². The van der Waals surface area contributed by atoms with Gasteiger partial charge in [-0.05, 0) is 6.42 Å². The maximum Gasteiger partial charge on any atom is 0.226 e. The van der Waals surface area contributed by atoms with Gasteiger partial charge < -0.3 is 16.4 Å². The van der Waals surface area contributed by atoms with Gasteiger partial charge in [-0.2, -0.15) is 0 Å². The highest BCUT2D eigenvalue weighted by Crippen LogP contribution is 2.11. The topological polar surface area (TPSA) is 97.1 Å². The molecule has 1 aromatic heterocycles. The van der Waals surface area contributed by atoms with E-state index in [1.807, 2.05) is 0 Å². The molecule has 1 aliphatic heterocycles. The molecule has 0 spiro atoms. The van der Waals surface area contributed by atoms with Crippen molar-refractivity contribution in [2.45, 2.75) is 25.3 Å². The van der Waals surface area contributed by atoms with Gasteiger partial charge in [0.05, 0.1) is 12.1 Å². The minimum atomic E-state index is -0.0866. The summed E-state index contributed by atoms with van der Waals surface area (Å²) in [5.41, 5.74) is 6.17. The fraction of sp³-hybridized carbons (Fsp3) is 0.500. The zero-order valence-electron chi connectivity index (χ0n) is 9.23. The van der Waals surface area contributed by atoms with Crippen LogP contribution in [0.15, 0.2) is 5.38 Å². The number of amides is 2. The van der Waals surface area contributed by atoms with E-state index < -0.39 is 0 Å². The SMILES string of the molecule is Nc1nc(CC(=O)NC2CCC(=O)NC2)cs1. The number of aromatic nitrogens is 1. The van der Waals surface area contributed by atoms with Gasteiger partial charge in [0.1, 0.15) is 0 Å². The zero-order valence-corrected chi connectivity index (χ0v) is 10.0. The van der Waals surface area contributed by atoms with Crippen LogP contribution in [0.1, 0.15) is 18.5 Å². The fourth-order valence-corrected chi connectivity index (χ4v) is 2.27. The van der Waals surface area contributed by atoms with Crippen molar-refractivity contribution in [2.24, 2.45) is 0 Å². The second-order valence-electron chi connectivity index (χ2n) is 3.96. The van der Waals surface area contributed by atoms with Crippen molar-refractivity contribution in [1.29, 1.82) is 0 Å². The summed E-state index contributed by atoms with van der Waals surface area (Å²) in [6, 6.07) is 0.0242. The fourth-order valence-electron chi connectivity index (χ4n) is 1.70. The molecule has 1 aromatic rings. The summed E-state index contributed by atoms with van der Waals surface area (Å²) >= 11 is 1.32. The second kappa shape index (κ2) is 5.13. The first-order chi connectivity index (χ1) is 8.13. The molecule has 0 aliphatic carbocycles. The van der Waals surface area contributed by atoms with Crippen molar-refractivity contribution in [3.63, 3.8) is 0 Å². The zero-order chi connectivity index (χ0) is 12.3. The number of piperidine rings is 1. The first-order valence-corrected chi connectivity index (χ1v) is 6.27. The third-order valence-electron chi connectivity index (χ3n) is 2.54. The Morgan fingerprint density at radius 3 is 3.12 bits per heavy atom. The molecular weight excluding hydrogens is 240 g/mol. The summed E-state index contributed by atoms with van der Waals surface area (Å²) in [5.74, 6) is -0.0424. The number of carbonyl (C=O) groups is 2. The Labute approximate surface area is 103 Å². The lowest BCUT2D eigenvalue weighted by Crippen LogP contribution is -2.48. The number of nitrogens with one attached hydrogen (secondary N) is 2. The molecule has 0 radical (unpaired) electrons. The van der Waals surface area contributed by atoms with Crippen molar-refractivity contribution in [2.75, 3.05) is 12.3 Å². The summed E-state index contributed by atoms with van der Waals surface area (Å²) in [6.07, 6.45) is 1.39. The third kappa shape index (κ3) is 3.42. The summed E-state index contributed by atoms with van der Waals surface area (Å²) < 4.78 is 0. The van der Waals surface area contributed by atoms with Crippen LogP contribution in [0, 0.1) is 0 Å². The molecule has 2 heterocycles. The van der Waals surface area contributed by atoms with E-state index in [1.165, 1.54) is 11.3 Å². The highest BCUT2D eigenvalue weighted by Gasteiger charge is 2.19. The monoisotopic (exact) mass is 254 g/mol. The Balaban J connectivity index is 1.79. The third-order valence-corrected chi connectivity index (χ3v) is 3.26. The van der Waals surface area contributed by atoms with Gasteiger partial charge in [0.25, 0.3) is 0 Å². The first-order valence-electron chi connectivity index (χ1n) is 5.39. The number of hydrogen-bond acceptors (Lipinski definition) is 5. The Hall–Kier alpha value is -1.63. The molecule has 92 valence electrons. The van der Waals surface area contributed by atoms with Crippen molar-refractivity contribution >= 4 is 28.3 Å². The Bertz CT molecular complexity index is 422. The van der Waals surface area contributed by atoms with Crippen molar-refractivity contribution in [3.8, 4) is 0 Å². The summed E-state index contributed by atoms with van der Waals surface area (Å²) in [6.45, 7) is 0.504. The number of rotatable bonds is 3. The molecule has 0 saturated carbocycles. The average Bonchev–Trinajstić information content (AvgIpc) is 2.67. The minimum absolute atomic E-state index is 0.0242. The molecule has 2 rings (SSSR count). The van der Waals surface area contributed by atoms with Crippen LogP contribution in [-0.4, -0.2) is 29.4 Å². The number of carbonyl (C=O) groups excluding carboxylic acids is 2. The Kier molecular flexibility index (Phi) is 3.58. The first kappa shape index (κ1) is 11.8. The lowest BCUT2D eigenvalue weighted by Gasteiger charge is -2.23. The minimum Gasteiger partial charge on any atom is -0.375 e. The molecule has 0 aromatic carbocycles. The van der Waals surface area contributed by atoms with E-state index >= 15 is 0 Å². The number of nitrogens with zero attached hydrogens (tertiary/aromatic N) is 1. The largest absolute Gasteiger partial charge is 0.375 e. The van der Waals surface area contributed by atoms with Crippen LogP contribution >= 0.6 is 11.3 Å². The van der Waals surface area contributed by atoms with Crippen LogP contribution in [0.5, 0.6) is 0 Å². The molecule has 1 saturated heterocycles. The number of nitrogen functional groups attached to an aromatic ring is 1. The number of nitrogens with two attached hydrogens (primary N) is 1. The summed E-state index contributed by atoms with van der Waals surface area (Å²) in [4.78, 5) is 26.6. The van der Waals surface area contributed by atoms with Crippen molar-refractivity contribution < 1.29 is 9.59 Å². The quantitative estimate of drug-likeness (QED) is 0.687. The maximum atomic E-state index is 11.7. The number of hydrogen-bond donors (Lipinski definition) is 3. The van der Waals surface area contributed by atoms with Crippen molar-refractivity contribution in [3.05, 3.63) is 11.1 Å². The lowest BCUT2D eigenvalue weighted by atomic mass is 10.1. The molecule has 7 heteroatoms. The molecule has 17 heavy (non-hydrogen) atoms. The number of thiazole rings is 1. The van der Waals surface area contributed by atoms with E-state index in [9.17, 15) is 9.59 Å². The normalized spacial score (nSPS) is 19.8. The van der Waals surface area contributed by atoms with Gasteiger partial charge in [-0.25, -0.2) is 4.98 Å². The van der Waals surface area contributed by atoms with Crippen LogP contribution in [0.25, 0.3) is 0 Å². The predicted octanol–water partition coefficient (Wildman–Crippen LogP) is -0.337. The Morgan fingerprint density at radius 1 is 1.71 bits per heavy atom. The van der Waals surface area contributed by atoms with Crippen LogP contribution in [0.3, 0.4) is 0 Å². The van der Waals surface area contributed by atoms with E-state index in [0.717, 1.165) is 0 Å². The van der Waals surface area contributed by atoms with E-state index in [2.05, 4.69) is 15.6 Å². The maximum absolute atomic E-state index is 11.7. The standard InChI is InChI=1S/C10H14N4O2S/c11-10-14-7(5-17-10)3-9(16)13-6-1-2-8(15)12-4-6/h5-6H,1-4H2,(H2,11,14)(H,12,15)(H,13,16). The van der Waals surface area contributed by atoms with Crippen LogP contribution in [0.2, 0.25) is 0 Å². The molecular formula is C10H14N4O2S. The smallest absolute Gasteiger partial charge is 0.226 e. The predicted molar refractivity (Wildman–Crippen MR) is 64.4 cm³/mol. The molecule has 2 amide bonds. The van der Waals surface area contributed by atoms with Crippen LogP contribution in [-0.2, 0) is 16.0 Å². The van der Waals surface area contributed by atoms with Gasteiger partial charge in [-0.15, -0.1) is 11.3 Å². The second-order valence-corrected chi connectivity index (χ2v) is 4.85. The van der Waals surface area contributed by atoms with Gasteiger partial charge in [0.2, 0.25) is 11.8 Å². The molecule has 0 bridgehead atoms. The molecule has 1 unspecified atom stereocenters. The summed E-state index contributed by atoms with van der Waals surface area (Å²) in [7, 11) is 0. The van der Waals surface area contributed by atoms with E-state index in [0.29, 0.717) is 30.2 Å². The molecule has 1 fully saturated rings. The Morgan fingerprint density at radius 2 is 2.53 bits per heavy atom. The lowest BCUT2D eigenvalue weighted by molar-refractivity contribution is -0.125. The van der Waals surface area contributed by atoms with Crippen LogP contribution in [0.4, 0.5) is 5.13 Å². The highest BCUT2D eigenvalue weighted by molar-refractivity contribution is 7.13. The number of anilines is 1. The van der Waals surface area contributed by atoms with Gasteiger partial charge in [-0.1, -0.05) is 0 Å². The van der Waals surface area contributed by atoms with Gasteiger partial charge in [0.15, 0.2) is 5.13 Å². The van der Waals surface area contributed by atoms with Crippen LogP contribution < -0.4 is 16.4 Å². The van der Waals surface area contributed by atoms with E-state index in [-0.39, 0.29) is 24.3 Å². The van der Waals surface area contributed by atoms with Gasteiger partial charge in [-0.3, -0.25) is 9.59 Å².